The number of rotatable bonds is 4. The molecule has 0 heterocycles. The molecule has 0 aliphatic rings. The lowest BCUT2D eigenvalue weighted by molar-refractivity contribution is -0.138. The molecule has 2 aromatic carbocycles. The molecule has 0 spiro atoms. The van der Waals surface area contributed by atoms with Gasteiger partial charge < -0.3 is 10.2 Å². The summed E-state index contributed by atoms with van der Waals surface area (Å²) in [5.74, 6) is -1.45. The predicted octanol–water partition coefficient (Wildman–Crippen LogP) is 2.96. The van der Waals surface area contributed by atoms with E-state index in [1.165, 1.54) is 0 Å². The number of hydrogen-bond acceptors (Lipinski definition) is 2. The Morgan fingerprint density at radius 1 is 0.947 bits per heavy atom. The van der Waals surface area contributed by atoms with Gasteiger partial charge in [0, 0.05) is 0 Å². The lowest BCUT2D eigenvalue weighted by Crippen LogP contribution is -2.08. The summed E-state index contributed by atoms with van der Waals surface area (Å²) in [7, 11) is 0. The van der Waals surface area contributed by atoms with Gasteiger partial charge >= 0.3 is 5.97 Å². The topological polar surface area (TPSA) is 57.5 Å². The van der Waals surface area contributed by atoms with Crippen molar-refractivity contribution in [3.05, 3.63) is 71.3 Å². The second-order valence-corrected chi connectivity index (χ2v) is 4.54. The van der Waals surface area contributed by atoms with Crippen molar-refractivity contribution < 1.29 is 15.0 Å². The average molecular weight is 256 g/mol. The molecule has 0 aliphatic heterocycles. The van der Waals surface area contributed by atoms with Crippen molar-refractivity contribution in [1.29, 1.82) is 0 Å². The smallest absolute Gasteiger partial charge is 0.310 e. The molecule has 2 aromatic rings. The molecule has 98 valence electrons. The Balaban J connectivity index is 2.31. The van der Waals surface area contributed by atoms with Crippen molar-refractivity contribution in [2.45, 2.75) is 18.9 Å². The van der Waals surface area contributed by atoms with E-state index in [2.05, 4.69) is 0 Å². The van der Waals surface area contributed by atoms with Gasteiger partial charge in [0.25, 0.3) is 0 Å². The van der Waals surface area contributed by atoms with Crippen LogP contribution in [-0.2, 0) is 4.79 Å². The maximum Gasteiger partial charge on any atom is 0.310 e. The van der Waals surface area contributed by atoms with Crippen LogP contribution in [0.2, 0.25) is 0 Å². The molecule has 19 heavy (non-hydrogen) atoms. The Bertz CT molecular complexity index is 563. The van der Waals surface area contributed by atoms with Crippen molar-refractivity contribution in [1.82, 2.24) is 0 Å². The van der Waals surface area contributed by atoms with E-state index < -0.39 is 18.0 Å². The fourth-order valence-corrected chi connectivity index (χ4v) is 1.97. The van der Waals surface area contributed by atoms with Crippen LogP contribution in [0.5, 0.6) is 0 Å². The highest BCUT2D eigenvalue weighted by Crippen LogP contribution is 2.25. The number of aliphatic hydroxyl groups is 1. The first-order valence-electron chi connectivity index (χ1n) is 6.15. The second-order valence-electron chi connectivity index (χ2n) is 4.54. The molecule has 0 aliphatic carbocycles. The number of carbonyl (C=O) groups is 1. The van der Waals surface area contributed by atoms with Crippen LogP contribution in [0.25, 0.3) is 0 Å². The molecule has 0 radical (unpaired) electrons. The zero-order chi connectivity index (χ0) is 13.8. The van der Waals surface area contributed by atoms with Crippen LogP contribution < -0.4 is 0 Å². The summed E-state index contributed by atoms with van der Waals surface area (Å²) in [6.45, 7) is 1.64. The second kappa shape index (κ2) is 5.67. The minimum absolute atomic E-state index is 0.581. The van der Waals surface area contributed by atoms with Gasteiger partial charge in [0.1, 0.15) is 6.10 Å². The Kier molecular flexibility index (Phi) is 3.97. The van der Waals surface area contributed by atoms with Gasteiger partial charge in [0.05, 0.1) is 5.92 Å². The number of aliphatic hydroxyl groups excluding tert-OH is 1. The zero-order valence-corrected chi connectivity index (χ0v) is 10.7. The first kappa shape index (κ1) is 13.3. The van der Waals surface area contributed by atoms with Crippen LogP contribution in [-0.4, -0.2) is 16.2 Å². The third kappa shape index (κ3) is 3.01. The van der Waals surface area contributed by atoms with Crippen LogP contribution in [0.4, 0.5) is 0 Å². The van der Waals surface area contributed by atoms with Gasteiger partial charge in [-0.25, -0.2) is 0 Å². The molecule has 0 bridgehead atoms. The molecule has 3 heteroatoms. The molecule has 0 aromatic heterocycles. The van der Waals surface area contributed by atoms with Crippen LogP contribution >= 0.6 is 0 Å². The molecular weight excluding hydrogens is 240 g/mol. The highest BCUT2D eigenvalue weighted by molar-refractivity contribution is 5.75. The molecular formula is C16H16O3. The minimum Gasteiger partial charge on any atom is -0.481 e. The van der Waals surface area contributed by atoms with E-state index in [9.17, 15) is 9.90 Å². The zero-order valence-electron chi connectivity index (χ0n) is 10.7. The number of carboxylic acid groups (broad SMARTS) is 1. The normalized spacial score (nSPS) is 13.8. The van der Waals surface area contributed by atoms with Crippen molar-refractivity contribution in [3.8, 4) is 0 Å². The molecule has 0 unspecified atom stereocenters. The first-order chi connectivity index (χ1) is 9.09. The molecule has 0 saturated carbocycles. The van der Waals surface area contributed by atoms with Crippen LogP contribution in [0.3, 0.4) is 0 Å². The van der Waals surface area contributed by atoms with Gasteiger partial charge in [-0.05, 0) is 23.6 Å². The van der Waals surface area contributed by atoms with Crippen molar-refractivity contribution in [2.75, 3.05) is 0 Å². The Hall–Kier alpha value is -2.13. The first-order valence-corrected chi connectivity index (χ1v) is 6.15. The third-order valence-electron chi connectivity index (χ3n) is 3.21. The SMILES string of the molecule is C[C@H](C(=O)O)c1cccc([C@H](O)c2ccccc2)c1. The van der Waals surface area contributed by atoms with Gasteiger partial charge in [-0.3, -0.25) is 4.79 Å². The quantitative estimate of drug-likeness (QED) is 0.884. The maximum atomic E-state index is 11.0. The Morgan fingerprint density at radius 3 is 2.16 bits per heavy atom. The average Bonchev–Trinajstić information content (AvgIpc) is 2.46. The molecule has 2 N–H and O–H groups in total. The summed E-state index contributed by atoms with van der Waals surface area (Å²) < 4.78 is 0. The van der Waals surface area contributed by atoms with Gasteiger partial charge in [-0.15, -0.1) is 0 Å². The molecule has 2 rings (SSSR count). The molecule has 2 atom stereocenters. The number of hydrogen-bond donors (Lipinski definition) is 2. The van der Waals surface area contributed by atoms with Gasteiger partial charge in [0.15, 0.2) is 0 Å². The summed E-state index contributed by atoms with van der Waals surface area (Å²) in [4.78, 5) is 11.0. The van der Waals surface area contributed by atoms with Crippen LogP contribution in [0, 0.1) is 0 Å². The van der Waals surface area contributed by atoms with E-state index in [0.29, 0.717) is 11.1 Å². The Labute approximate surface area is 112 Å². The van der Waals surface area contributed by atoms with E-state index in [-0.39, 0.29) is 0 Å². The van der Waals surface area contributed by atoms with Gasteiger partial charge in [-0.2, -0.15) is 0 Å². The lowest BCUT2D eigenvalue weighted by Gasteiger charge is -2.14. The standard InChI is InChI=1S/C16H16O3/c1-11(16(18)19)13-8-5-9-14(10-13)15(17)12-6-3-2-4-7-12/h2-11,15,17H,1H3,(H,18,19)/t11-,15+/m0/s1. The predicted molar refractivity (Wildman–Crippen MR) is 73.0 cm³/mol. The van der Waals surface area contributed by atoms with E-state index >= 15 is 0 Å². The summed E-state index contributed by atoms with van der Waals surface area (Å²) in [5, 5.41) is 19.3. The monoisotopic (exact) mass is 256 g/mol. The highest BCUT2D eigenvalue weighted by atomic mass is 16.4. The summed E-state index contributed by atoms with van der Waals surface area (Å²) >= 11 is 0. The fourth-order valence-electron chi connectivity index (χ4n) is 1.97. The highest BCUT2D eigenvalue weighted by Gasteiger charge is 2.16. The van der Waals surface area contributed by atoms with Crippen molar-refractivity contribution in [2.24, 2.45) is 0 Å². The summed E-state index contributed by atoms with van der Waals surface area (Å²) in [5.41, 5.74) is 2.19. The van der Waals surface area contributed by atoms with E-state index in [0.717, 1.165) is 5.56 Å². The largest absolute Gasteiger partial charge is 0.481 e. The lowest BCUT2D eigenvalue weighted by atomic mass is 9.95. The Morgan fingerprint density at radius 2 is 1.53 bits per heavy atom. The molecule has 0 saturated heterocycles. The fraction of sp³-hybridized carbons (Fsp3) is 0.188. The number of carboxylic acids is 1. The number of aliphatic carboxylic acids is 1. The van der Waals surface area contributed by atoms with Gasteiger partial charge in [-0.1, -0.05) is 54.6 Å². The number of benzene rings is 2. The van der Waals surface area contributed by atoms with Gasteiger partial charge in [0.2, 0.25) is 0 Å². The van der Waals surface area contributed by atoms with E-state index in [1.54, 1.807) is 31.2 Å². The summed E-state index contributed by atoms with van der Waals surface area (Å²) in [6.07, 6.45) is -0.734. The van der Waals surface area contributed by atoms with E-state index in [4.69, 9.17) is 5.11 Å². The van der Waals surface area contributed by atoms with E-state index in [1.807, 2.05) is 30.3 Å². The molecule has 3 nitrogen and oxygen atoms in total. The van der Waals surface area contributed by atoms with Crippen molar-refractivity contribution >= 4 is 5.97 Å². The van der Waals surface area contributed by atoms with Crippen LogP contribution in [0.15, 0.2) is 54.6 Å². The third-order valence-corrected chi connectivity index (χ3v) is 3.21. The maximum absolute atomic E-state index is 11.0. The molecule has 0 amide bonds. The minimum atomic E-state index is -0.869. The van der Waals surface area contributed by atoms with Crippen molar-refractivity contribution in [3.63, 3.8) is 0 Å². The molecule has 0 fully saturated rings. The van der Waals surface area contributed by atoms with Crippen LogP contribution in [0.1, 0.15) is 35.6 Å². The summed E-state index contributed by atoms with van der Waals surface area (Å²) in [6, 6.07) is 16.4.